The fourth-order valence-electron chi connectivity index (χ4n) is 2.07. The highest BCUT2D eigenvalue weighted by atomic mass is 79.9. The summed E-state index contributed by atoms with van der Waals surface area (Å²) in [6.45, 7) is 5.62. The van der Waals surface area contributed by atoms with Crippen molar-refractivity contribution in [2.24, 2.45) is 0 Å². The molecule has 0 spiro atoms. The number of nitrogens with one attached hydrogen (secondary N) is 1. The summed E-state index contributed by atoms with van der Waals surface area (Å²) in [5, 5.41) is 3.24. The molecule has 0 unspecified atom stereocenters. The van der Waals surface area contributed by atoms with Crippen LogP contribution in [0.25, 0.3) is 0 Å². The van der Waals surface area contributed by atoms with E-state index in [1.54, 1.807) is 16.4 Å². The van der Waals surface area contributed by atoms with E-state index in [1.165, 1.54) is 0 Å². The topological polar surface area (TPSA) is 49.4 Å². The number of hydrogen-bond donors (Lipinski definition) is 1. The van der Waals surface area contributed by atoms with Crippen molar-refractivity contribution in [2.75, 3.05) is 19.6 Å². The van der Waals surface area contributed by atoms with Crippen molar-refractivity contribution in [1.82, 2.24) is 9.62 Å². The average molecular weight is 333 g/mol. The third-order valence-corrected chi connectivity index (χ3v) is 6.33. The van der Waals surface area contributed by atoms with Crippen LogP contribution in [0.4, 0.5) is 0 Å². The quantitative estimate of drug-likeness (QED) is 0.897. The molecular weight excluding hydrogens is 316 g/mol. The predicted octanol–water partition coefficient (Wildman–Crippen LogP) is 1.74. The number of benzene rings is 1. The average Bonchev–Trinajstić information content (AvgIpc) is 2.32. The molecule has 0 bridgehead atoms. The molecule has 0 saturated carbocycles. The molecular formula is C12H17BrN2O2S. The molecule has 0 amide bonds. The fourth-order valence-corrected chi connectivity index (χ4v) is 4.62. The van der Waals surface area contributed by atoms with E-state index in [-0.39, 0.29) is 6.04 Å². The highest BCUT2D eigenvalue weighted by Gasteiger charge is 2.30. The van der Waals surface area contributed by atoms with Gasteiger partial charge in [-0.2, -0.15) is 4.31 Å². The number of piperazine rings is 1. The Kier molecular flexibility index (Phi) is 4.11. The van der Waals surface area contributed by atoms with Crippen LogP contribution in [0.2, 0.25) is 0 Å². The highest BCUT2D eigenvalue weighted by Crippen LogP contribution is 2.28. The van der Waals surface area contributed by atoms with Gasteiger partial charge in [-0.3, -0.25) is 0 Å². The minimum Gasteiger partial charge on any atom is -0.312 e. The normalized spacial score (nSPS) is 22.1. The summed E-state index contributed by atoms with van der Waals surface area (Å²) in [4.78, 5) is 0.358. The van der Waals surface area contributed by atoms with Gasteiger partial charge in [-0.15, -0.1) is 0 Å². The van der Waals surface area contributed by atoms with Gasteiger partial charge in [0.2, 0.25) is 10.0 Å². The number of halogens is 1. The van der Waals surface area contributed by atoms with E-state index in [0.29, 0.717) is 29.0 Å². The standard InChI is InChI=1S/C12H17BrN2O2S/c1-9-4-3-5-11(12(9)13)18(16,17)15-7-6-14-10(2)8-15/h3-5,10,14H,6-8H2,1-2H3/t10-/m1/s1. The van der Waals surface area contributed by atoms with Crippen molar-refractivity contribution in [3.8, 4) is 0 Å². The maximum Gasteiger partial charge on any atom is 0.244 e. The van der Waals surface area contributed by atoms with Gasteiger partial charge in [0.05, 0.1) is 4.90 Å². The monoisotopic (exact) mass is 332 g/mol. The van der Waals surface area contributed by atoms with E-state index < -0.39 is 10.0 Å². The van der Waals surface area contributed by atoms with Crippen molar-refractivity contribution in [3.05, 3.63) is 28.2 Å². The predicted molar refractivity (Wildman–Crippen MR) is 75.1 cm³/mol. The third kappa shape index (κ3) is 2.61. The lowest BCUT2D eigenvalue weighted by molar-refractivity contribution is 0.310. The lowest BCUT2D eigenvalue weighted by atomic mass is 10.2. The van der Waals surface area contributed by atoms with E-state index in [2.05, 4.69) is 21.2 Å². The molecule has 1 saturated heterocycles. The van der Waals surface area contributed by atoms with Crippen LogP contribution in [-0.4, -0.2) is 38.4 Å². The Morgan fingerprint density at radius 2 is 2.17 bits per heavy atom. The second-order valence-corrected chi connectivity index (χ2v) is 7.30. The first-order valence-electron chi connectivity index (χ1n) is 5.91. The zero-order chi connectivity index (χ0) is 13.3. The molecule has 1 N–H and O–H groups in total. The molecule has 1 aromatic carbocycles. The Balaban J connectivity index is 2.39. The molecule has 18 heavy (non-hydrogen) atoms. The highest BCUT2D eigenvalue weighted by molar-refractivity contribution is 9.10. The van der Waals surface area contributed by atoms with Crippen molar-refractivity contribution in [1.29, 1.82) is 0 Å². The molecule has 1 aromatic rings. The zero-order valence-corrected chi connectivity index (χ0v) is 12.9. The molecule has 2 rings (SSSR count). The summed E-state index contributed by atoms with van der Waals surface area (Å²) in [6.07, 6.45) is 0. The second-order valence-electron chi connectivity index (χ2n) is 4.61. The van der Waals surface area contributed by atoms with Crippen LogP contribution in [0.5, 0.6) is 0 Å². The number of aryl methyl sites for hydroxylation is 1. The summed E-state index contributed by atoms with van der Waals surface area (Å²) in [5.74, 6) is 0. The molecule has 0 aliphatic carbocycles. The van der Waals surface area contributed by atoms with Crippen molar-refractivity contribution in [3.63, 3.8) is 0 Å². The smallest absolute Gasteiger partial charge is 0.244 e. The zero-order valence-electron chi connectivity index (χ0n) is 10.5. The molecule has 6 heteroatoms. The third-order valence-electron chi connectivity index (χ3n) is 3.11. The Morgan fingerprint density at radius 3 is 2.83 bits per heavy atom. The maximum atomic E-state index is 12.6. The molecule has 1 atom stereocenters. The molecule has 1 aliphatic heterocycles. The summed E-state index contributed by atoms with van der Waals surface area (Å²) in [5.41, 5.74) is 0.930. The first kappa shape index (κ1) is 14.0. The first-order chi connectivity index (χ1) is 8.43. The molecule has 100 valence electrons. The van der Waals surface area contributed by atoms with Crippen LogP contribution in [0.3, 0.4) is 0 Å². The Labute approximate surface area is 117 Å². The largest absolute Gasteiger partial charge is 0.312 e. The van der Waals surface area contributed by atoms with Crippen molar-refractivity contribution >= 4 is 26.0 Å². The van der Waals surface area contributed by atoms with E-state index in [9.17, 15) is 8.42 Å². The first-order valence-corrected chi connectivity index (χ1v) is 8.15. The van der Waals surface area contributed by atoms with Crippen LogP contribution < -0.4 is 5.32 Å². The summed E-state index contributed by atoms with van der Waals surface area (Å²) < 4.78 is 27.4. The van der Waals surface area contributed by atoms with E-state index in [0.717, 1.165) is 5.56 Å². The van der Waals surface area contributed by atoms with Gasteiger partial charge in [-0.05, 0) is 41.4 Å². The van der Waals surface area contributed by atoms with Crippen LogP contribution in [0, 0.1) is 6.92 Å². The molecule has 4 nitrogen and oxygen atoms in total. The molecule has 1 heterocycles. The van der Waals surface area contributed by atoms with Crippen LogP contribution in [0.1, 0.15) is 12.5 Å². The van der Waals surface area contributed by atoms with E-state index in [4.69, 9.17) is 0 Å². The molecule has 1 aliphatic rings. The summed E-state index contributed by atoms with van der Waals surface area (Å²) in [6, 6.07) is 5.51. The van der Waals surface area contributed by atoms with Crippen LogP contribution in [0.15, 0.2) is 27.6 Å². The van der Waals surface area contributed by atoms with Gasteiger partial charge in [-0.25, -0.2) is 8.42 Å². The van der Waals surface area contributed by atoms with Gasteiger partial charge in [0.25, 0.3) is 0 Å². The molecule has 0 radical (unpaired) electrons. The van der Waals surface area contributed by atoms with Gasteiger partial charge >= 0.3 is 0 Å². The fraction of sp³-hybridized carbons (Fsp3) is 0.500. The van der Waals surface area contributed by atoms with Crippen molar-refractivity contribution in [2.45, 2.75) is 24.8 Å². The molecule has 1 fully saturated rings. The summed E-state index contributed by atoms with van der Waals surface area (Å²) in [7, 11) is -3.40. The Morgan fingerprint density at radius 1 is 1.44 bits per heavy atom. The number of hydrogen-bond acceptors (Lipinski definition) is 3. The van der Waals surface area contributed by atoms with Gasteiger partial charge in [0.1, 0.15) is 0 Å². The summed E-state index contributed by atoms with van der Waals surface area (Å²) >= 11 is 3.38. The van der Waals surface area contributed by atoms with Crippen molar-refractivity contribution < 1.29 is 8.42 Å². The van der Waals surface area contributed by atoms with Gasteiger partial charge in [0.15, 0.2) is 0 Å². The number of nitrogens with zero attached hydrogens (tertiary/aromatic N) is 1. The van der Waals surface area contributed by atoms with E-state index in [1.807, 2.05) is 19.9 Å². The number of rotatable bonds is 2. The SMILES string of the molecule is Cc1cccc(S(=O)(=O)N2CCN[C@H](C)C2)c1Br. The van der Waals surface area contributed by atoms with Crippen LogP contribution >= 0.6 is 15.9 Å². The molecule has 0 aromatic heterocycles. The number of sulfonamides is 1. The van der Waals surface area contributed by atoms with Crippen LogP contribution in [-0.2, 0) is 10.0 Å². The van der Waals surface area contributed by atoms with Gasteiger partial charge < -0.3 is 5.32 Å². The second kappa shape index (κ2) is 5.28. The van der Waals surface area contributed by atoms with Gasteiger partial charge in [0, 0.05) is 30.1 Å². The van der Waals surface area contributed by atoms with E-state index >= 15 is 0 Å². The van der Waals surface area contributed by atoms with Gasteiger partial charge in [-0.1, -0.05) is 12.1 Å². The Hall–Kier alpha value is -0.430. The maximum absolute atomic E-state index is 12.6. The minimum absolute atomic E-state index is 0.192. The minimum atomic E-state index is -3.40. The Bertz CT molecular complexity index is 545. The lowest BCUT2D eigenvalue weighted by Gasteiger charge is -2.31. The lowest BCUT2D eigenvalue weighted by Crippen LogP contribution is -2.51.